The van der Waals surface area contributed by atoms with E-state index in [-0.39, 0.29) is 6.04 Å². The highest BCUT2D eigenvalue weighted by molar-refractivity contribution is 5.29. The van der Waals surface area contributed by atoms with E-state index in [1.165, 1.54) is 16.8 Å². The van der Waals surface area contributed by atoms with Gasteiger partial charge in [-0.25, -0.2) is 0 Å². The zero-order chi connectivity index (χ0) is 13.8. The molecule has 0 fully saturated rings. The molecule has 1 heterocycles. The first-order valence-electron chi connectivity index (χ1n) is 7.02. The van der Waals surface area contributed by atoms with Crippen molar-refractivity contribution in [2.45, 2.75) is 46.2 Å². The third-order valence-corrected chi connectivity index (χ3v) is 3.59. The number of hydrogen-bond acceptors (Lipinski definition) is 2. The van der Waals surface area contributed by atoms with Crippen molar-refractivity contribution in [1.29, 1.82) is 0 Å². The first-order valence-corrected chi connectivity index (χ1v) is 7.02. The first-order chi connectivity index (χ1) is 9.15. The van der Waals surface area contributed by atoms with Crippen LogP contribution in [0.1, 0.15) is 42.4 Å². The molecule has 0 radical (unpaired) electrons. The summed E-state index contributed by atoms with van der Waals surface area (Å²) in [5, 5.41) is 4.58. The number of nitrogens with two attached hydrogens (primary N) is 1. The second-order valence-corrected chi connectivity index (χ2v) is 4.96. The highest BCUT2D eigenvalue weighted by Gasteiger charge is 2.13. The van der Waals surface area contributed by atoms with Gasteiger partial charge in [0.1, 0.15) is 0 Å². The summed E-state index contributed by atoms with van der Waals surface area (Å²) in [6, 6.07) is 10.6. The number of rotatable bonds is 5. The molecule has 0 aliphatic rings. The molecule has 0 aliphatic heterocycles. The quantitative estimate of drug-likeness (QED) is 0.894. The van der Waals surface area contributed by atoms with Gasteiger partial charge >= 0.3 is 0 Å². The fourth-order valence-electron chi connectivity index (χ4n) is 2.46. The van der Waals surface area contributed by atoms with Gasteiger partial charge in [0.25, 0.3) is 0 Å². The van der Waals surface area contributed by atoms with E-state index in [0.29, 0.717) is 0 Å². The van der Waals surface area contributed by atoms with Gasteiger partial charge in [-0.05, 0) is 37.5 Å². The molecule has 102 valence electrons. The lowest BCUT2D eigenvalue weighted by Gasteiger charge is -2.15. The van der Waals surface area contributed by atoms with E-state index in [4.69, 9.17) is 5.73 Å². The highest BCUT2D eigenvalue weighted by Crippen LogP contribution is 2.20. The fraction of sp³-hybridized carbons (Fsp3) is 0.438. The Bertz CT molecular complexity index is 543. The minimum Gasteiger partial charge on any atom is -0.324 e. The molecule has 1 unspecified atom stereocenters. The van der Waals surface area contributed by atoms with Gasteiger partial charge in [-0.1, -0.05) is 31.2 Å². The summed E-state index contributed by atoms with van der Waals surface area (Å²) in [7, 11) is 0. The molecule has 3 heteroatoms. The van der Waals surface area contributed by atoms with Crippen molar-refractivity contribution in [3.8, 4) is 0 Å². The molecule has 2 rings (SSSR count). The van der Waals surface area contributed by atoms with Crippen LogP contribution in [0.15, 0.2) is 30.3 Å². The van der Waals surface area contributed by atoms with Crippen molar-refractivity contribution in [1.82, 2.24) is 9.78 Å². The average molecular weight is 257 g/mol. The molecule has 1 atom stereocenters. The van der Waals surface area contributed by atoms with E-state index >= 15 is 0 Å². The Morgan fingerprint density at radius 2 is 2.00 bits per heavy atom. The number of aryl methyl sites for hydroxylation is 3. The predicted molar refractivity (Wildman–Crippen MR) is 79.1 cm³/mol. The van der Waals surface area contributed by atoms with Gasteiger partial charge < -0.3 is 5.73 Å². The lowest BCUT2D eigenvalue weighted by Crippen LogP contribution is -2.17. The largest absolute Gasteiger partial charge is 0.324 e. The fourth-order valence-corrected chi connectivity index (χ4v) is 2.46. The summed E-state index contributed by atoms with van der Waals surface area (Å²) < 4.78 is 2.07. The molecule has 3 nitrogen and oxygen atoms in total. The minimum atomic E-state index is 0.0351. The molecular weight excluding hydrogens is 234 g/mol. The predicted octanol–water partition coefficient (Wildman–Crippen LogP) is 3.02. The van der Waals surface area contributed by atoms with Crippen LogP contribution in [-0.2, 0) is 19.4 Å². The van der Waals surface area contributed by atoms with Gasteiger partial charge in [0.2, 0.25) is 0 Å². The number of hydrogen-bond donors (Lipinski definition) is 1. The SMILES string of the molecule is CCc1cc(CC(N)c2ccccc2C)n(CC)n1. The van der Waals surface area contributed by atoms with Crippen LogP contribution in [0.3, 0.4) is 0 Å². The van der Waals surface area contributed by atoms with E-state index in [2.05, 4.69) is 60.9 Å². The second-order valence-electron chi connectivity index (χ2n) is 4.96. The molecule has 0 saturated carbocycles. The van der Waals surface area contributed by atoms with Crippen LogP contribution in [0.4, 0.5) is 0 Å². The van der Waals surface area contributed by atoms with Crippen molar-refractivity contribution >= 4 is 0 Å². The van der Waals surface area contributed by atoms with E-state index < -0.39 is 0 Å². The van der Waals surface area contributed by atoms with Crippen molar-refractivity contribution in [2.24, 2.45) is 5.73 Å². The maximum absolute atomic E-state index is 6.36. The Morgan fingerprint density at radius 1 is 1.26 bits per heavy atom. The van der Waals surface area contributed by atoms with Crippen LogP contribution < -0.4 is 5.73 Å². The molecule has 0 amide bonds. The zero-order valence-corrected chi connectivity index (χ0v) is 12.1. The summed E-state index contributed by atoms with van der Waals surface area (Å²) >= 11 is 0. The van der Waals surface area contributed by atoms with Crippen molar-refractivity contribution < 1.29 is 0 Å². The average Bonchev–Trinajstić information content (AvgIpc) is 2.81. The van der Waals surface area contributed by atoms with Crippen LogP contribution in [0.5, 0.6) is 0 Å². The van der Waals surface area contributed by atoms with Crippen LogP contribution in [-0.4, -0.2) is 9.78 Å². The monoisotopic (exact) mass is 257 g/mol. The van der Waals surface area contributed by atoms with Gasteiger partial charge in [0, 0.05) is 24.7 Å². The van der Waals surface area contributed by atoms with Gasteiger partial charge in [0.15, 0.2) is 0 Å². The topological polar surface area (TPSA) is 43.8 Å². The Morgan fingerprint density at radius 3 is 2.63 bits per heavy atom. The summed E-state index contributed by atoms with van der Waals surface area (Å²) in [4.78, 5) is 0. The zero-order valence-electron chi connectivity index (χ0n) is 12.1. The molecule has 2 N–H and O–H groups in total. The summed E-state index contributed by atoms with van der Waals surface area (Å²) in [5.41, 5.74) is 11.2. The maximum Gasteiger partial charge on any atom is 0.0624 e. The summed E-state index contributed by atoms with van der Waals surface area (Å²) in [6.07, 6.45) is 1.81. The van der Waals surface area contributed by atoms with E-state index in [1.807, 2.05) is 0 Å². The van der Waals surface area contributed by atoms with Crippen molar-refractivity contribution in [3.63, 3.8) is 0 Å². The van der Waals surface area contributed by atoms with Gasteiger partial charge in [-0.3, -0.25) is 4.68 Å². The Kier molecular flexibility index (Phi) is 4.38. The maximum atomic E-state index is 6.36. The Labute approximate surface area is 115 Å². The van der Waals surface area contributed by atoms with E-state index in [1.54, 1.807) is 0 Å². The molecule has 0 aliphatic carbocycles. The minimum absolute atomic E-state index is 0.0351. The first kappa shape index (κ1) is 13.8. The third kappa shape index (κ3) is 3.04. The summed E-state index contributed by atoms with van der Waals surface area (Å²) in [6.45, 7) is 7.27. The van der Waals surface area contributed by atoms with Crippen LogP contribution >= 0.6 is 0 Å². The highest BCUT2D eigenvalue weighted by atomic mass is 15.3. The Hall–Kier alpha value is -1.61. The number of benzene rings is 1. The molecule has 19 heavy (non-hydrogen) atoms. The van der Waals surface area contributed by atoms with Crippen LogP contribution in [0.25, 0.3) is 0 Å². The van der Waals surface area contributed by atoms with E-state index in [0.717, 1.165) is 25.1 Å². The lowest BCUT2D eigenvalue weighted by atomic mass is 9.98. The molecule has 1 aromatic heterocycles. The molecular formula is C16H23N3. The van der Waals surface area contributed by atoms with Crippen LogP contribution in [0, 0.1) is 6.92 Å². The standard InChI is InChI=1S/C16H23N3/c1-4-13-10-14(19(5-2)18-13)11-16(17)15-9-7-6-8-12(15)3/h6-10,16H,4-5,11,17H2,1-3H3. The molecule has 2 aromatic rings. The molecule has 0 saturated heterocycles. The van der Waals surface area contributed by atoms with Crippen molar-refractivity contribution in [2.75, 3.05) is 0 Å². The normalized spacial score (nSPS) is 12.6. The summed E-state index contributed by atoms with van der Waals surface area (Å²) in [5.74, 6) is 0. The second kappa shape index (κ2) is 6.02. The van der Waals surface area contributed by atoms with Crippen molar-refractivity contribution in [3.05, 3.63) is 52.8 Å². The van der Waals surface area contributed by atoms with Gasteiger partial charge in [-0.2, -0.15) is 5.10 Å². The third-order valence-electron chi connectivity index (χ3n) is 3.59. The lowest BCUT2D eigenvalue weighted by molar-refractivity contribution is 0.584. The molecule has 0 spiro atoms. The van der Waals surface area contributed by atoms with Gasteiger partial charge in [0.05, 0.1) is 5.69 Å². The molecule has 1 aromatic carbocycles. The van der Waals surface area contributed by atoms with E-state index in [9.17, 15) is 0 Å². The Balaban J connectivity index is 2.21. The molecule has 0 bridgehead atoms. The van der Waals surface area contributed by atoms with Crippen LogP contribution in [0.2, 0.25) is 0 Å². The number of aromatic nitrogens is 2. The smallest absolute Gasteiger partial charge is 0.0624 e. The van der Waals surface area contributed by atoms with Gasteiger partial charge in [-0.15, -0.1) is 0 Å². The number of nitrogens with zero attached hydrogens (tertiary/aromatic N) is 2.